The summed E-state index contributed by atoms with van der Waals surface area (Å²) in [6.45, 7) is 2.39. The van der Waals surface area contributed by atoms with Crippen LogP contribution in [0.1, 0.15) is 24.3 Å². The van der Waals surface area contributed by atoms with E-state index in [2.05, 4.69) is 29.0 Å². The van der Waals surface area contributed by atoms with Crippen molar-refractivity contribution in [2.45, 2.75) is 19.4 Å². The van der Waals surface area contributed by atoms with Crippen molar-refractivity contribution < 1.29 is 9.53 Å². The van der Waals surface area contributed by atoms with Gasteiger partial charge < -0.3 is 15.4 Å². The predicted molar refractivity (Wildman–Crippen MR) is 87.0 cm³/mol. The Morgan fingerprint density at radius 1 is 1.33 bits per heavy atom. The zero-order valence-electron chi connectivity index (χ0n) is 12.3. The van der Waals surface area contributed by atoms with Crippen LogP contribution in [-0.4, -0.2) is 19.6 Å². The van der Waals surface area contributed by atoms with Gasteiger partial charge in [-0.25, -0.2) is 0 Å². The van der Waals surface area contributed by atoms with E-state index in [9.17, 15) is 4.79 Å². The number of nitrogens with one attached hydrogen (secondary N) is 2. The molecule has 0 bridgehead atoms. The largest absolute Gasteiger partial charge is 0.497 e. The van der Waals surface area contributed by atoms with Crippen molar-refractivity contribution in [2.24, 2.45) is 0 Å². The molecule has 0 aliphatic heterocycles. The molecule has 4 nitrogen and oxygen atoms in total. The van der Waals surface area contributed by atoms with Gasteiger partial charge in [-0.2, -0.15) is 0 Å². The van der Waals surface area contributed by atoms with Gasteiger partial charge in [-0.1, -0.05) is 19.1 Å². The first kappa shape index (κ1) is 15.5. The Morgan fingerprint density at radius 2 is 2.19 bits per heavy atom. The zero-order chi connectivity index (χ0) is 15.1. The maximum absolute atomic E-state index is 12.0. The van der Waals surface area contributed by atoms with Crippen LogP contribution in [0.15, 0.2) is 41.8 Å². The SMILES string of the molecule is CCC(NCC(=O)Nc1cccc(OC)c1)c1cccs1. The molecular weight excluding hydrogens is 284 g/mol. The Labute approximate surface area is 129 Å². The molecule has 112 valence electrons. The number of anilines is 1. The van der Waals surface area contributed by atoms with Gasteiger partial charge in [0, 0.05) is 22.7 Å². The van der Waals surface area contributed by atoms with Crippen molar-refractivity contribution in [1.82, 2.24) is 5.32 Å². The molecule has 0 radical (unpaired) electrons. The lowest BCUT2D eigenvalue weighted by Gasteiger charge is -2.15. The Hall–Kier alpha value is -1.85. The molecule has 2 aromatic rings. The number of carbonyl (C=O) groups excluding carboxylic acids is 1. The summed E-state index contributed by atoms with van der Waals surface area (Å²) < 4.78 is 5.14. The molecule has 2 N–H and O–H groups in total. The lowest BCUT2D eigenvalue weighted by Crippen LogP contribution is -2.30. The van der Waals surface area contributed by atoms with Gasteiger partial charge in [0.15, 0.2) is 0 Å². The molecule has 5 heteroatoms. The van der Waals surface area contributed by atoms with Crippen molar-refractivity contribution in [1.29, 1.82) is 0 Å². The molecule has 0 aliphatic carbocycles. The van der Waals surface area contributed by atoms with Crippen LogP contribution < -0.4 is 15.4 Å². The molecule has 1 aromatic heterocycles. The first-order valence-corrected chi connectivity index (χ1v) is 7.81. The molecule has 0 saturated heterocycles. The van der Waals surface area contributed by atoms with Crippen LogP contribution in [0, 0.1) is 0 Å². The zero-order valence-corrected chi connectivity index (χ0v) is 13.1. The third-order valence-corrected chi connectivity index (χ3v) is 4.14. The number of hydrogen-bond donors (Lipinski definition) is 2. The third-order valence-electron chi connectivity index (χ3n) is 3.16. The third kappa shape index (κ3) is 4.58. The van der Waals surface area contributed by atoms with Gasteiger partial charge in [-0.05, 0) is 30.0 Å². The average Bonchev–Trinajstić information content (AvgIpc) is 3.02. The smallest absolute Gasteiger partial charge is 0.238 e. The standard InChI is InChI=1S/C16H20N2O2S/c1-3-14(15-8-5-9-21-15)17-11-16(19)18-12-6-4-7-13(10-12)20-2/h4-10,14,17H,3,11H2,1-2H3,(H,18,19). The molecular formula is C16H20N2O2S. The molecule has 1 aromatic carbocycles. The summed E-state index contributed by atoms with van der Waals surface area (Å²) in [5.74, 6) is 0.670. The summed E-state index contributed by atoms with van der Waals surface area (Å²) in [6, 6.07) is 11.7. The lowest BCUT2D eigenvalue weighted by molar-refractivity contribution is -0.115. The molecule has 0 spiro atoms. The Morgan fingerprint density at radius 3 is 2.86 bits per heavy atom. The van der Waals surface area contributed by atoms with E-state index in [1.54, 1.807) is 24.5 Å². The second kappa shape index (κ2) is 7.81. The molecule has 2 rings (SSSR count). The van der Waals surface area contributed by atoms with E-state index in [-0.39, 0.29) is 18.5 Å². The number of methoxy groups -OCH3 is 1. The molecule has 0 saturated carbocycles. The van der Waals surface area contributed by atoms with Gasteiger partial charge in [-0.3, -0.25) is 4.79 Å². The van der Waals surface area contributed by atoms with E-state index in [4.69, 9.17) is 4.74 Å². The molecule has 1 unspecified atom stereocenters. The first-order chi connectivity index (χ1) is 10.2. The number of thiophene rings is 1. The molecule has 21 heavy (non-hydrogen) atoms. The Bertz CT molecular complexity index is 569. The molecule has 1 atom stereocenters. The van der Waals surface area contributed by atoms with Gasteiger partial charge in [0.2, 0.25) is 5.91 Å². The molecule has 1 amide bonds. The topological polar surface area (TPSA) is 50.4 Å². The van der Waals surface area contributed by atoms with E-state index in [1.165, 1.54) is 4.88 Å². The minimum absolute atomic E-state index is 0.0572. The summed E-state index contributed by atoms with van der Waals surface area (Å²) in [4.78, 5) is 13.2. The first-order valence-electron chi connectivity index (χ1n) is 6.93. The van der Waals surface area contributed by atoms with E-state index < -0.39 is 0 Å². The lowest BCUT2D eigenvalue weighted by atomic mass is 10.2. The minimum Gasteiger partial charge on any atom is -0.497 e. The van der Waals surface area contributed by atoms with E-state index in [1.807, 2.05) is 24.3 Å². The average molecular weight is 304 g/mol. The number of amides is 1. The van der Waals surface area contributed by atoms with E-state index in [0.717, 1.165) is 17.9 Å². The van der Waals surface area contributed by atoms with Crippen LogP contribution in [0.4, 0.5) is 5.69 Å². The second-order valence-electron chi connectivity index (χ2n) is 4.64. The van der Waals surface area contributed by atoms with Crippen molar-refractivity contribution >= 4 is 22.9 Å². The Balaban J connectivity index is 1.86. The van der Waals surface area contributed by atoms with Crippen LogP contribution in [0.2, 0.25) is 0 Å². The highest BCUT2D eigenvalue weighted by Crippen LogP contribution is 2.21. The number of ether oxygens (including phenoxy) is 1. The van der Waals surface area contributed by atoms with Gasteiger partial charge in [0.25, 0.3) is 0 Å². The molecule has 0 aliphatic rings. The molecule has 0 fully saturated rings. The summed E-state index contributed by atoms with van der Waals surface area (Å²) in [5, 5.41) is 8.20. The number of hydrogen-bond acceptors (Lipinski definition) is 4. The van der Waals surface area contributed by atoms with Crippen molar-refractivity contribution in [2.75, 3.05) is 19.0 Å². The fraction of sp³-hybridized carbons (Fsp3) is 0.312. The number of carbonyl (C=O) groups is 1. The highest BCUT2D eigenvalue weighted by molar-refractivity contribution is 7.10. The van der Waals surface area contributed by atoms with Crippen LogP contribution in [-0.2, 0) is 4.79 Å². The summed E-state index contributed by atoms with van der Waals surface area (Å²) in [5.41, 5.74) is 0.741. The van der Waals surface area contributed by atoms with Gasteiger partial charge in [0.1, 0.15) is 5.75 Å². The van der Waals surface area contributed by atoms with Gasteiger partial charge in [0.05, 0.1) is 13.7 Å². The van der Waals surface area contributed by atoms with Crippen molar-refractivity contribution in [3.8, 4) is 5.75 Å². The normalized spacial score (nSPS) is 11.9. The maximum Gasteiger partial charge on any atom is 0.238 e. The highest BCUT2D eigenvalue weighted by atomic mass is 32.1. The predicted octanol–water partition coefficient (Wildman–Crippen LogP) is 3.44. The monoisotopic (exact) mass is 304 g/mol. The van der Waals surface area contributed by atoms with Gasteiger partial charge in [-0.15, -0.1) is 11.3 Å². The number of benzene rings is 1. The van der Waals surface area contributed by atoms with Gasteiger partial charge >= 0.3 is 0 Å². The van der Waals surface area contributed by atoms with Crippen LogP contribution >= 0.6 is 11.3 Å². The van der Waals surface area contributed by atoms with Crippen molar-refractivity contribution in [3.05, 3.63) is 46.7 Å². The fourth-order valence-electron chi connectivity index (χ4n) is 2.06. The highest BCUT2D eigenvalue weighted by Gasteiger charge is 2.11. The number of rotatable bonds is 7. The summed E-state index contributed by atoms with van der Waals surface area (Å²) >= 11 is 1.71. The quantitative estimate of drug-likeness (QED) is 0.824. The van der Waals surface area contributed by atoms with Crippen LogP contribution in [0.3, 0.4) is 0 Å². The fourth-order valence-corrected chi connectivity index (χ4v) is 2.94. The molecule has 1 heterocycles. The summed E-state index contributed by atoms with van der Waals surface area (Å²) in [6.07, 6.45) is 0.951. The van der Waals surface area contributed by atoms with Crippen LogP contribution in [0.5, 0.6) is 5.75 Å². The maximum atomic E-state index is 12.0. The van der Waals surface area contributed by atoms with E-state index >= 15 is 0 Å². The van der Waals surface area contributed by atoms with E-state index in [0.29, 0.717) is 0 Å². The minimum atomic E-state index is -0.0572. The van der Waals surface area contributed by atoms with Crippen molar-refractivity contribution in [3.63, 3.8) is 0 Å². The Kier molecular flexibility index (Phi) is 5.78. The second-order valence-corrected chi connectivity index (χ2v) is 5.62. The van der Waals surface area contributed by atoms with Crippen LogP contribution in [0.25, 0.3) is 0 Å². The summed E-state index contributed by atoms with van der Waals surface area (Å²) in [7, 11) is 1.61.